The molecule has 0 heterocycles. The average Bonchev–Trinajstić information content (AvgIpc) is 2.26. The quantitative estimate of drug-likeness (QED) is 0.825. The predicted octanol–water partition coefficient (Wildman–Crippen LogP) is 2.85. The van der Waals surface area contributed by atoms with Gasteiger partial charge in [0.1, 0.15) is 5.75 Å². The van der Waals surface area contributed by atoms with E-state index < -0.39 is 0 Å². The lowest BCUT2D eigenvalue weighted by Gasteiger charge is -2.15. The van der Waals surface area contributed by atoms with Gasteiger partial charge >= 0.3 is 0 Å². The van der Waals surface area contributed by atoms with E-state index in [1.165, 1.54) is 16.7 Å². The monoisotopic (exact) mass is 221 g/mol. The van der Waals surface area contributed by atoms with Crippen LogP contribution in [0.5, 0.6) is 5.75 Å². The Morgan fingerprint density at radius 3 is 2.56 bits per heavy atom. The number of hydrogen-bond acceptors (Lipinski definition) is 2. The van der Waals surface area contributed by atoms with Crippen molar-refractivity contribution in [1.29, 1.82) is 0 Å². The molecular weight excluding hydrogens is 198 g/mol. The first-order valence-corrected chi connectivity index (χ1v) is 5.89. The Labute approximate surface area is 99.0 Å². The molecule has 0 aliphatic rings. The zero-order chi connectivity index (χ0) is 12.1. The lowest BCUT2D eigenvalue weighted by Crippen LogP contribution is -2.21. The molecule has 16 heavy (non-hydrogen) atoms. The smallest absolute Gasteiger partial charge is 0.122 e. The van der Waals surface area contributed by atoms with E-state index in [1.807, 2.05) is 7.05 Å². The summed E-state index contributed by atoms with van der Waals surface area (Å²) in [5.74, 6) is 1.03. The van der Waals surface area contributed by atoms with E-state index in [2.05, 4.69) is 38.2 Å². The fraction of sp³-hybridized carbons (Fsp3) is 0.571. The minimum absolute atomic E-state index is 0.547. The summed E-state index contributed by atoms with van der Waals surface area (Å²) >= 11 is 0. The third-order valence-corrected chi connectivity index (χ3v) is 3.12. The average molecular weight is 221 g/mol. The fourth-order valence-electron chi connectivity index (χ4n) is 1.97. The predicted molar refractivity (Wildman–Crippen MR) is 69.3 cm³/mol. The standard InChI is InChI=1S/C14H23NO/c1-10-8-11(2)13(14(9-10)16-5)7-6-12(3)15-4/h8-9,12,15H,6-7H2,1-5H3. The van der Waals surface area contributed by atoms with Crippen molar-refractivity contribution in [1.82, 2.24) is 5.32 Å². The van der Waals surface area contributed by atoms with Gasteiger partial charge in [0, 0.05) is 6.04 Å². The van der Waals surface area contributed by atoms with E-state index in [0.717, 1.165) is 18.6 Å². The van der Waals surface area contributed by atoms with Gasteiger partial charge in [0.15, 0.2) is 0 Å². The molecule has 0 bridgehead atoms. The Hall–Kier alpha value is -1.02. The maximum atomic E-state index is 5.45. The molecule has 1 unspecified atom stereocenters. The molecule has 0 spiro atoms. The molecule has 1 N–H and O–H groups in total. The SMILES string of the molecule is CNC(C)CCc1c(C)cc(C)cc1OC. The van der Waals surface area contributed by atoms with Crippen molar-refractivity contribution in [3.63, 3.8) is 0 Å². The topological polar surface area (TPSA) is 21.3 Å². The summed E-state index contributed by atoms with van der Waals surface area (Å²) in [6.45, 7) is 6.47. The maximum absolute atomic E-state index is 5.45. The summed E-state index contributed by atoms with van der Waals surface area (Å²) in [7, 11) is 3.75. The van der Waals surface area contributed by atoms with Crippen molar-refractivity contribution < 1.29 is 4.74 Å². The van der Waals surface area contributed by atoms with Crippen molar-refractivity contribution in [3.05, 3.63) is 28.8 Å². The van der Waals surface area contributed by atoms with Gasteiger partial charge in [-0.2, -0.15) is 0 Å². The van der Waals surface area contributed by atoms with Crippen LogP contribution in [-0.4, -0.2) is 20.2 Å². The van der Waals surface area contributed by atoms with E-state index in [-0.39, 0.29) is 0 Å². The Kier molecular flexibility index (Phi) is 4.81. The van der Waals surface area contributed by atoms with Gasteiger partial charge in [-0.25, -0.2) is 0 Å². The third kappa shape index (κ3) is 3.24. The zero-order valence-corrected chi connectivity index (χ0v) is 11.1. The maximum Gasteiger partial charge on any atom is 0.122 e. The third-order valence-electron chi connectivity index (χ3n) is 3.12. The van der Waals surface area contributed by atoms with E-state index in [0.29, 0.717) is 6.04 Å². The number of benzene rings is 1. The number of ether oxygens (including phenoxy) is 1. The number of methoxy groups -OCH3 is 1. The van der Waals surface area contributed by atoms with Gasteiger partial charge in [0.05, 0.1) is 7.11 Å². The van der Waals surface area contributed by atoms with Gasteiger partial charge < -0.3 is 10.1 Å². The van der Waals surface area contributed by atoms with Crippen LogP contribution in [0.3, 0.4) is 0 Å². The molecule has 1 rings (SSSR count). The van der Waals surface area contributed by atoms with Crippen LogP contribution in [0.4, 0.5) is 0 Å². The number of nitrogens with one attached hydrogen (secondary N) is 1. The normalized spacial score (nSPS) is 12.6. The van der Waals surface area contributed by atoms with Crippen LogP contribution in [0.25, 0.3) is 0 Å². The van der Waals surface area contributed by atoms with Crippen LogP contribution in [-0.2, 0) is 6.42 Å². The molecule has 0 amide bonds. The van der Waals surface area contributed by atoms with Crippen molar-refractivity contribution in [2.45, 2.75) is 39.7 Å². The molecule has 0 fully saturated rings. The van der Waals surface area contributed by atoms with E-state index >= 15 is 0 Å². The molecule has 0 aliphatic carbocycles. The van der Waals surface area contributed by atoms with Crippen LogP contribution in [0.1, 0.15) is 30.0 Å². The summed E-state index contributed by atoms with van der Waals surface area (Å²) in [6, 6.07) is 4.89. The summed E-state index contributed by atoms with van der Waals surface area (Å²) < 4.78 is 5.45. The van der Waals surface area contributed by atoms with E-state index in [4.69, 9.17) is 4.74 Å². The lowest BCUT2D eigenvalue weighted by atomic mass is 9.98. The second-order valence-corrected chi connectivity index (χ2v) is 4.49. The highest BCUT2D eigenvalue weighted by atomic mass is 16.5. The largest absolute Gasteiger partial charge is 0.496 e. The molecule has 2 heteroatoms. The number of hydrogen-bond donors (Lipinski definition) is 1. The van der Waals surface area contributed by atoms with Gasteiger partial charge in [-0.15, -0.1) is 0 Å². The fourth-order valence-corrected chi connectivity index (χ4v) is 1.97. The van der Waals surface area contributed by atoms with Crippen molar-refractivity contribution in [2.24, 2.45) is 0 Å². The second-order valence-electron chi connectivity index (χ2n) is 4.49. The van der Waals surface area contributed by atoms with Crippen LogP contribution in [0.2, 0.25) is 0 Å². The van der Waals surface area contributed by atoms with Gasteiger partial charge in [0.2, 0.25) is 0 Å². The molecule has 1 atom stereocenters. The molecule has 2 nitrogen and oxygen atoms in total. The van der Waals surface area contributed by atoms with Crippen molar-refractivity contribution in [2.75, 3.05) is 14.2 Å². The Balaban J connectivity index is 2.85. The first-order valence-electron chi connectivity index (χ1n) is 5.89. The van der Waals surface area contributed by atoms with Gasteiger partial charge in [-0.05, 0) is 63.4 Å². The van der Waals surface area contributed by atoms with E-state index in [1.54, 1.807) is 7.11 Å². The van der Waals surface area contributed by atoms with Crippen LogP contribution >= 0.6 is 0 Å². The van der Waals surface area contributed by atoms with Crippen LogP contribution in [0.15, 0.2) is 12.1 Å². The van der Waals surface area contributed by atoms with E-state index in [9.17, 15) is 0 Å². The first kappa shape index (κ1) is 13.0. The molecule has 1 aromatic rings. The number of rotatable bonds is 5. The van der Waals surface area contributed by atoms with Gasteiger partial charge in [0.25, 0.3) is 0 Å². The van der Waals surface area contributed by atoms with Gasteiger partial charge in [-0.3, -0.25) is 0 Å². The highest BCUT2D eigenvalue weighted by Gasteiger charge is 2.09. The molecule has 90 valence electrons. The van der Waals surface area contributed by atoms with Crippen LogP contribution in [0, 0.1) is 13.8 Å². The Morgan fingerprint density at radius 1 is 1.31 bits per heavy atom. The summed E-state index contributed by atoms with van der Waals surface area (Å²) in [6.07, 6.45) is 2.20. The lowest BCUT2D eigenvalue weighted by molar-refractivity contribution is 0.407. The minimum Gasteiger partial charge on any atom is -0.496 e. The second kappa shape index (κ2) is 5.90. The summed E-state index contributed by atoms with van der Waals surface area (Å²) in [5, 5.41) is 3.26. The molecule has 0 aliphatic heterocycles. The Bertz CT molecular complexity index is 347. The van der Waals surface area contributed by atoms with Crippen LogP contribution < -0.4 is 10.1 Å². The summed E-state index contributed by atoms with van der Waals surface area (Å²) in [4.78, 5) is 0. The molecule has 0 aromatic heterocycles. The first-order chi connectivity index (χ1) is 7.58. The van der Waals surface area contributed by atoms with Crippen molar-refractivity contribution in [3.8, 4) is 5.75 Å². The van der Waals surface area contributed by atoms with Gasteiger partial charge in [-0.1, -0.05) is 6.07 Å². The molecule has 0 saturated carbocycles. The minimum atomic E-state index is 0.547. The molecular formula is C14H23NO. The highest BCUT2D eigenvalue weighted by molar-refractivity contribution is 5.43. The molecule has 1 aromatic carbocycles. The number of aryl methyl sites for hydroxylation is 2. The molecule has 0 radical (unpaired) electrons. The summed E-state index contributed by atoms with van der Waals surface area (Å²) in [5.41, 5.74) is 3.94. The zero-order valence-electron chi connectivity index (χ0n) is 11.1. The Morgan fingerprint density at radius 2 is 2.00 bits per heavy atom. The molecule has 0 saturated heterocycles. The highest BCUT2D eigenvalue weighted by Crippen LogP contribution is 2.25. The van der Waals surface area contributed by atoms with Crippen molar-refractivity contribution >= 4 is 0 Å².